The van der Waals surface area contributed by atoms with Gasteiger partial charge in [0.1, 0.15) is 5.82 Å². The summed E-state index contributed by atoms with van der Waals surface area (Å²) in [6, 6.07) is 10.7. The smallest absolute Gasteiger partial charge is 0.165 e. The summed E-state index contributed by atoms with van der Waals surface area (Å²) < 4.78 is 44.5. The molecule has 2 nitrogen and oxygen atoms in total. The first-order valence-electron chi connectivity index (χ1n) is 6.47. The SMILES string of the molecule is COc1ccc(C[S@](=O)[C@H](C)c2ccccc2F)cc1F. The van der Waals surface area contributed by atoms with Crippen LogP contribution in [-0.2, 0) is 16.6 Å². The minimum absolute atomic E-state index is 0.145. The van der Waals surface area contributed by atoms with Gasteiger partial charge in [0.2, 0.25) is 0 Å². The van der Waals surface area contributed by atoms with E-state index in [0.717, 1.165) is 0 Å². The highest BCUT2D eigenvalue weighted by Crippen LogP contribution is 2.25. The topological polar surface area (TPSA) is 26.3 Å². The standard InChI is InChI=1S/C16H16F2O2S/c1-11(13-5-3-4-6-14(13)17)21(19)10-12-7-8-16(20-2)15(18)9-12/h3-9,11H,10H2,1-2H3/t11-,21+/m1/s1. The van der Waals surface area contributed by atoms with E-state index in [0.29, 0.717) is 11.1 Å². The maximum Gasteiger partial charge on any atom is 0.165 e. The zero-order valence-electron chi connectivity index (χ0n) is 11.8. The lowest BCUT2D eigenvalue weighted by Crippen LogP contribution is -2.07. The lowest BCUT2D eigenvalue weighted by Gasteiger charge is -2.13. The second-order valence-electron chi connectivity index (χ2n) is 4.66. The molecule has 2 aromatic carbocycles. The fourth-order valence-electron chi connectivity index (χ4n) is 2.04. The van der Waals surface area contributed by atoms with Crippen LogP contribution in [-0.4, -0.2) is 11.3 Å². The zero-order chi connectivity index (χ0) is 15.4. The summed E-state index contributed by atoms with van der Waals surface area (Å²) in [4.78, 5) is 0. The summed E-state index contributed by atoms with van der Waals surface area (Å²) in [5.74, 6) is -0.562. The number of rotatable bonds is 5. The molecular formula is C16H16F2O2S. The second-order valence-corrected chi connectivity index (χ2v) is 6.41. The Morgan fingerprint density at radius 3 is 2.48 bits per heavy atom. The van der Waals surface area contributed by atoms with Crippen molar-refractivity contribution in [1.29, 1.82) is 0 Å². The maximum atomic E-state index is 13.7. The fourth-order valence-corrected chi connectivity index (χ4v) is 3.27. The molecule has 0 radical (unpaired) electrons. The highest BCUT2D eigenvalue weighted by molar-refractivity contribution is 7.84. The molecule has 2 rings (SSSR count). The Bertz CT molecular complexity index is 658. The Balaban J connectivity index is 2.14. The summed E-state index contributed by atoms with van der Waals surface area (Å²) in [6.07, 6.45) is 0. The van der Waals surface area contributed by atoms with Gasteiger partial charge in [0.25, 0.3) is 0 Å². The highest BCUT2D eigenvalue weighted by Gasteiger charge is 2.18. The van der Waals surface area contributed by atoms with Gasteiger partial charge >= 0.3 is 0 Å². The van der Waals surface area contributed by atoms with Crippen molar-refractivity contribution in [3.63, 3.8) is 0 Å². The molecule has 0 spiro atoms. The van der Waals surface area contributed by atoms with E-state index in [4.69, 9.17) is 4.74 Å². The second kappa shape index (κ2) is 6.80. The van der Waals surface area contributed by atoms with Crippen LogP contribution in [0.3, 0.4) is 0 Å². The number of ether oxygens (including phenoxy) is 1. The van der Waals surface area contributed by atoms with Gasteiger partial charge in [-0.25, -0.2) is 8.78 Å². The molecule has 5 heteroatoms. The molecule has 112 valence electrons. The van der Waals surface area contributed by atoms with Gasteiger partial charge < -0.3 is 4.74 Å². The van der Waals surface area contributed by atoms with Gasteiger partial charge in [-0.1, -0.05) is 24.3 Å². The maximum absolute atomic E-state index is 13.7. The lowest BCUT2D eigenvalue weighted by molar-refractivity contribution is 0.386. The van der Waals surface area contributed by atoms with E-state index in [2.05, 4.69) is 0 Å². The minimum atomic E-state index is -1.34. The predicted molar refractivity (Wildman–Crippen MR) is 79.6 cm³/mol. The minimum Gasteiger partial charge on any atom is -0.494 e. The highest BCUT2D eigenvalue weighted by atomic mass is 32.2. The Kier molecular flexibility index (Phi) is 5.07. The Hall–Kier alpha value is -1.75. The largest absolute Gasteiger partial charge is 0.494 e. The molecule has 0 saturated heterocycles. The van der Waals surface area contributed by atoms with E-state index < -0.39 is 21.9 Å². The summed E-state index contributed by atoms with van der Waals surface area (Å²) in [6.45, 7) is 1.70. The average Bonchev–Trinajstić information content (AvgIpc) is 2.47. The van der Waals surface area contributed by atoms with Crippen molar-refractivity contribution in [2.45, 2.75) is 17.9 Å². The van der Waals surface area contributed by atoms with Gasteiger partial charge in [0.15, 0.2) is 11.6 Å². The average molecular weight is 310 g/mol. The summed E-state index contributed by atoms with van der Waals surface area (Å²) in [5, 5.41) is -0.462. The van der Waals surface area contributed by atoms with Crippen LogP contribution in [0.15, 0.2) is 42.5 Å². The molecule has 0 unspecified atom stereocenters. The third kappa shape index (κ3) is 3.67. The van der Waals surface area contributed by atoms with Crippen LogP contribution >= 0.6 is 0 Å². The molecule has 0 amide bonds. The Morgan fingerprint density at radius 2 is 1.86 bits per heavy atom. The van der Waals surface area contributed by atoms with Crippen molar-refractivity contribution in [3.05, 3.63) is 65.2 Å². The molecular weight excluding hydrogens is 294 g/mol. The molecule has 0 heterocycles. The molecule has 0 N–H and O–H groups in total. The molecule has 2 aromatic rings. The van der Waals surface area contributed by atoms with Gasteiger partial charge in [-0.15, -0.1) is 0 Å². The Labute approximate surface area is 125 Å². The third-order valence-corrected chi connectivity index (χ3v) is 4.92. The monoisotopic (exact) mass is 310 g/mol. The predicted octanol–water partition coefficient (Wildman–Crippen LogP) is 3.98. The van der Waals surface area contributed by atoms with E-state index in [1.165, 1.54) is 25.3 Å². The summed E-state index contributed by atoms with van der Waals surface area (Å²) in [5.41, 5.74) is 1.000. The van der Waals surface area contributed by atoms with Gasteiger partial charge in [0.05, 0.1) is 12.4 Å². The van der Waals surface area contributed by atoms with Crippen molar-refractivity contribution < 1.29 is 17.7 Å². The van der Waals surface area contributed by atoms with Crippen molar-refractivity contribution >= 4 is 10.8 Å². The molecule has 0 aliphatic heterocycles. The summed E-state index contributed by atoms with van der Waals surface area (Å²) >= 11 is 0. The summed E-state index contributed by atoms with van der Waals surface area (Å²) in [7, 11) is 0.0441. The zero-order valence-corrected chi connectivity index (χ0v) is 12.6. The van der Waals surface area contributed by atoms with Crippen LogP contribution in [0.4, 0.5) is 8.78 Å². The number of benzene rings is 2. The van der Waals surface area contributed by atoms with Crippen LogP contribution in [0, 0.1) is 11.6 Å². The molecule has 0 aliphatic rings. The van der Waals surface area contributed by atoms with E-state index in [9.17, 15) is 13.0 Å². The van der Waals surface area contributed by atoms with Crippen molar-refractivity contribution in [3.8, 4) is 5.75 Å². The molecule has 2 atom stereocenters. The number of hydrogen-bond acceptors (Lipinski definition) is 2. The van der Waals surface area contributed by atoms with E-state index in [1.54, 1.807) is 31.2 Å². The lowest BCUT2D eigenvalue weighted by atomic mass is 10.1. The Morgan fingerprint density at radius 1 is 1.14 bits per heavy atom. The first-order valence-corrected chi connectivity index (χ1v) is 7.85. The quantitative estimate of drug-likeness (QED) is 0.835. The van der Waals surface area contributed by atoms with Crippen molar-refractivity contribution in [2.24, 2.45) is 0 Å². The van der Waals surface area contributed by atoms with Gasteiger partial charge in [-0.2, -0.15) is 0 Å². The first kappa shape index (κ1) is 15.6. The van der Waals surface area contributed by atoms with E-state index >= 15 is 0 Å². The van der Waals surface area contributed by atoms with E-state index in [-0.39, 0.29) is 17.3 Å². The van der Waals surface area contributed by atoms with Crippen LogP contribution in [0.2, 0.25) is 0 Å². The molecule has 0 fully saturated rings. The van der Waals surface area contributed by atoms with Crippen LogP contribution < -0.4 is 4.74 Å². The number of hydrogen-bond donors (Lipinski definition) is 0. The third-order valence-electron chi connectivity index (χ3n) is 3.26. The van der Waals surface area contributed by atoms with Gasteiger partial charge in [-0.05, 0) is 30.7 Å². The van der Waals surface area contributed by atoms with Crippen molar-refractivity contribution in [1.82, 2.24) is 0 Å². The fraction of sp³-hybridized carbons (Fsp3) is 0.250. The van der Waals surface area contributed by atoms with Crippen LogP contribution in [0.5, 0.6) is 5.75 Å². The van der Waals surface area contributed by atoms with E-state index in [1.807, 2.05) is 0 Å². The van der Waals surface area contributed by atoms with Gasteiger partial charge in [-0.3, -0.25) is 4.21 Å². The number of halogens is 2. The first-order chi connectivity index (χ1) is 10.0. The van der Waals surface area contributed by atoms with Crippen LogP contribution in [0.1, 0.15) is 23.3 Å². The molecule has 21 heavy (non-hydrogen) atoms. The molecule has 0 aliphatic carbocycles. The van der Waals surface area contributed by atoms with Crippen LogP contribution in [0.25, 0.3) is 0 Å². The van der Waals surface area contributed by atoms with Gasteiger partial charge in [0, 0.05) is 22.1 Å². The molecule has 0 bridgehead atoms. The number of methoxy groups -OCH3 is 1. The molecule has 0 saturated carbocycles. The van der Waals surface area contributed by atoms with Crippen molar-refractivity contribution in [2.75, 3.05) is 7.11 Å². The normalized spacial score (nSPS) is 13.7. The molecule has 0 aromatic heterocycles.